The van der Waals surface area contributed by atoms with E-state index in [0.29, 0.717) is 10.9 Å². The number of carbonyl (C=O) groups is 1. The molecule has 9 nitrogen and oxygen atoms in total. The zero-order chi connectivity index (χ0) is 20.3. The number of nitro benzene ring substituents is 1. The molecule has 0 unspecified atom stereocenters. The zero-order valence-corrected chi connectivity index (χ0v) is 15.7. The van der Waals surface area contributed by atoms with Crippen LogP contribution in [0, 0.1) is 10.1 Å². The summed E-state index contributed by atoms with van der Waals surface area (Å²) in [4.78, 5) is 25.6. The molecule has 1 aromatic heterocycles. The summed E-state index contributed by atoms with van der Waals surface area (Å²) in [6.45, 7) is 1.76. The third-order valence-electron chi connectivity index (χ3n) is 3.98. The van der Waals surface area contributed by atoms with Gasteiger partial charge in [-0.25, -0.2) is 13.2 Å². The van der Waals surface area contributed by atoms with Crippen molar-refractivity contribution < 1.29 is 22.9 Å². The van der Waals surface area contributed by atoms with Crippen LogP contribution in [0.5, 0.6) is 0 Å². The van der Waals surface area contributed by atoms with Gasteiger partial charge in [-0.3, -0.25) is 14.8 Å². The molecule has 10 heteroatoms. The first-order valence-corrected chi connectivity index (χ1v) is 9.98. The number of fused-ring (bicyclic) bond motifs is 1. The van der Waals surface area contributed by atoms with Crippen molar-refractivity contribution >= 4 is 38.3 Å². The molecule has 0 aliphatic carbocycles. The van der Waals surface area contributed by atoms with E-state index in [1.165, 1.54) is 24.3 Å². The van der Waals surface area contributed by atoms with Gasteiger partial charge in [-0.05, 0) is 13.0 Å². The van der Waals surface area contributed by atoms with Gasteiger partial charge < -0.3 is 9.72 Å². The first kappa shape index (κ1) is 19.4. The molecule has 2 aromatic carbocycles. The lowest BCUT2D eigenvalue weighted by molar-refractivity contribution is -0.385. The summed E-state index contributed by atoms with van der Waals surface area (Å²) in [5.74, 6) is -1.33. The minimum absolute atomic E-state index is 0.0332. The summed E-state index contributed by atoms with van der Waals surface area (Å²) in [7, 11) is -4.06. The van der Waals surface area contributed by atoms with Gasteiger partial charge in [0.25, 0.3) is 5.69 Å². The Bertz CT molecular complexity index is 1150. The quantitative estimate of drug-likeness (QED) is 0.354. The lowest BCUT2D eigenvalue weighted by Gasteiger charge is -2.10. The van der Waals surface area contributed by atoms with Crippen molar-refractivity contribution in [2.24, 2.45) is 0 Å². The predicted octanol–water partition coefficient (Wildman–Crippen LogP) is 3.19. The van der Waals surface area contributed by atoms with Gasteiger partial charge in [-0.15, -0.1) is 0 Å². The maximum Gasteiger partial charge on any atom is 0.356 e. The molecule has 146 valence electrons. The van der Waals surface area contributed by atoms with Crippen LogP contribution in [-0.2, 0) is 20.5 Å². The van der Waals surface area contributed by atoms with E-state index in [1.54, 1.807) is 31.2 Å². The number of rotatable bonds is 7. The molecule has 0 spiro atoms. The number of sulfonamides is 1. The van der Waals surface area contributed by atoms with Gasteiger partial charge >= 0.3 is 5.97 Å². The molecule has 0 saturated heterocycles. The molecule has 3 rings (SSSR count). The van der Waals surface area contributed by atoms with E-state index in [4.69, 9.17) is 4.74 Å². The number of aromatic amines is 1. The number of carbonyl (C=O) groups excluding carboxylic acids is 1. The molecular formula is C18H17N3O6S. The van der Waals surface area contributed by atoms with Crippen LogP contribution in [0.1, 0.15) is 23.0 Å². The average Bonchev–Trinajstić information content (AvgIpc) is 3.00. The Morgan fingerprint density at radius 2 is 1.86 bits per heavy atom. The lowest BCUT2D eigenvalue weighted by Crippen LogP contribution is -2.18. The molecule has 0 amide bonds. The van der Waals surface area contributed by atoms with Crippen LogP contribution in [0.4, 0.5) is 11.4 Å². The predicted molar refractivity (Wildman–Crippen MR) is 104 cm³/mol. The second kappa shape index (κ2) is 7.69. The summed E-state index contributed by atoms with van der Waals surface area (Å²) in [5, 5.41) is 11.6. The topological polar surface area (TPSA) is 131 Å². The number of benzene rings is 2. The van der Waals surface area contributed by atoms with E-state index >= 15 is 0 Å². The minimum Gasteiger partial charge on any atom is -0.461 e. The number of hydrogen-bond acceptors (Lipinski definition) is 6. The summed E-state index contributed by atoms with van der Waals surface area (Å²) in [5.41, 5.74) is 0.311. The maximum atomic E-state index is 12.7. The number of H-pyrrole nitrogens is 1. The molecule has 3 aromatic rings. The van der Waals surface area contributed by atoms with E-state index < -0.39 is 26.7 Å². The number of nitrogens with zero attached hydrogens (tertiary/aromatic N) is 1. The third kappa shape index (κ3) is 3.96. The molecule has 1 heterocycles. The molecule has 0 radical (unpaired) electrons. The third-order valence-corrected chi connectivity index (χ3v) is 5.18. The number of para-hydroxylation sites is 2. The SMILES string of the molecule is CCOC(=O)c1[nH]c2ccccc2c1NS(=O)(=O)Cc1ccccc1[N+](=O)[O-]. The fourth-order valence-electron chi connectivity index (χ4n) is 2.81. The van der Waals surface area contributed by atoms with Crippen LogP contribution in [0.15, 0.2) is 48.5 Å². The summed E-state index contributed by atoms with van der Waals surface area (Å²) >= 11 is 0. The Morgan fingerprint density at radius 1 is 1.18 bits per heavy atom. The van der Waals surface area contributed by atoms with Crippen LogP contribution in [0.3, 0.4) is 0 Å². The monoisotopic (exact) mass is 403 g/mol. The minimum atomic E-state index is -4.06. The van der Waals surface area contributed by atoms with Crippen molar-refractivity contribution in [2.75, 3.05) is 11.3 Å². The van der Waals surface area contributed by atoms with Crippen LogP contribution in [-0.4, -0.2) is 30.9 Å². The number of nitro groups is 1. The lowest BCUT2D eigenvalue weighted by atomic mass is 10.2. The molecule has 0 saturated carbocycles. The van der Waals surface area contributed by atoms with E-state index in [2.05, 4.69) is 9.71 Å². The van der Waals surface area contributed by atoms with Crippen LogP contribution >= 0.6 is 0 Å². The first-order chi connectivity index (χ1) is 13.3. The van der Waals surface area contributed by atoms with Gasteiger partial charge in [-0.2, -0.15) is 0 Å². The van der Waals surface area contributed by atoms with Crippen molar-refractivity contribution in [3.05, 3.63) is 69.9 Å². The van der Waals surface area contributed by atoms with Crippen molar-refractivity contribution in [1.82, 2.24) is 4.98 Å². The summed E-state index contributed by atoms with van der Waals surface area (Å²) in [6.07, 6.45) is 0. The summed E-state index contributed by atoms with van der Waals surface area (Å²) < 4.78 is 32.8. The Kier molecular flexibility index (Phi) is 5.32. The Balaban J connectivity index is 2.01. The van der Waals surface area contributed by atoms with E-state index in [9.17, 15) is 23.3 Å². The molecule has 0 bridgehead atoms. The number of hydrogen-bond donors (Lipinski definition) is 2. The van der Waals surface area contributed by atoms with Crippen LogP contribution in [0.2, 0.25) is 0 Å². The van der Waals surface area contributed by atoms with Crippen molar-refractivity contribution in [3.8, 4) is 0 Å². The molecule has 2 N–H and O–H groups in total. The van der Waals surface area contributed by atoms with Crippen LogP contribution in [0.25, 0.3) is 10.9 Å². The molecule has 0 aliphatic heterocycles. The van der Waals surface area contributed by atoms with E-state index in [1.807, 2.05) is 0 Å². The Morgan fingerprint density at radius 3 is 2.57 bits per heavy atom. The highest BCUT2D eigenvalue weighted by Gasteiger charge is 2.25. The number of aromatic nitrogens is 1. The smallest absolute Gasteiger partial charge is 0.356 e. The average molecular weight is 403 g/mol. The molecular weight excluding hydrogens is 386 g/mol. The molecule has 28 heavy (non-hydrogen) atoms. The molecule has 0 aliphatic rings. The number of ether oxygens (including phenoxy) is 1. The van der Waals surface area contributed by atoms with E-state index in [0.717, 1.165) is 0 Å². The van der Waals surface area contributed by atoms with Gasteiger partial charge in [0.2, 0.25) is 10.0 Å². The number of anilines is 1. The fourth-order valence-corrected chi connectivity index (χ4v) is 4.06. The Labute approximate surface area is 160 Å². The van der Waals surface area contributed by atoms with E-state index in [-0.39, 0.29) is 29.2 Å². The maximum absolute atomic E-state index is 12.7. The standard InChI is InChI=1S/C18H17N3O6S/c1-2-27-18(22)17-16(13-8-4-5-9-14(13)19-17)20-28(25,26)11-12-7-3-6-10-15(12)21(23)24/h3-10,19-20H,2,11H2,1H3. The zero-order valence-electron chi connectivity index (χ0n) is 14.8. The highest BCUT2D eigenvalue weighted by Crippen LogP contribution is 2.30. The Hall–Kier alpha value is -3.40. The molecule has 0 atom stereocenters. The number of esters is 1. The van der Waals surface area contributed by atoms with Crippen molar-refractivity contribution in [3.63, 3.8) is 0 Å². The highest BCUT2D eigenvalue weighted by molar-refractivity contribution is 7.92. The fraction of sp³-hybridized carbons (Fsp3) is 0.167. The highest BCUT2D eigenvalue weighted by atomic mass is 32.2. The normalized spacial score (nSPS) is 11.3. The van der Waals surface area contributed by atoms with Crippen molar-refractivity contribution in [1.29, 1.82) is 0 Å². The van der Waals surface area contributed by atoms with Gasteiger partial charge in [0, 0.05) is 22.5 Å². The largest absolute Gasteiger partial charge is 0.461 e. The second-order valence-electron chi connectivity index (χ2n) is 5.89. The van der Waals surface area contributed by atoms with Gasteiger partial charge in [0.15, 0.2) is 5.69 Å². The number of nitrogens with one attached hydrogen (secondary N) is 2. The van der Waals surface area contributed by atoms with Gasteiger partial charge in [-0.1, -0.05) is 36.4 Å². The van der Waals surface area contributed by atoms with Gasteiger partial charge in [0.05, 0.1) is 17.2 Å². The molecule has 0 fully saturated rings. The van der Waals surface area contributed by atoms with Crippen LogP contribution < -0.4 is 4.72 Å². The summed E-state index contributed by atoms with van der Waals surface area (Å²) in [6, 6.07) is 12.4. The van der Waals surface area contributed by atoms with Gasteiger partial charge in [0.1, 0.15) is 5.75 Å². The van der Waals surface area contributed by atoms with Crippen molar-refractivity contribution in [2.45, 2.75) is 12.7 Å². The first-order valence-electron chi connectivity index (χ1n) is 8.33. The second-order valence-corrected chi connectivity index (χ2v) is 7.61.